The predicted molar refractivity (Wildman–Crippen MR) is 107 cm³/mol. The number of alkyl halides is 3. The minimum Gasteiger partial charge on any atom is -0.475 e. The van der Waals surface area contributed by atoms with Crippen LogP contribution in [0.2, 0.25) is 0 Å². The van der Waals surface area contributed by atoms with Crippen LogP contribution in [0.15, 0.2) is 18.3 Å². The Morgan fingerprint density at radius 1 is 1.36 bits per heavy atom. The summed E-state index contributed by atoms with van der Waals surface area (Å²) >= 11 is 2.29. The lowest BCUT2D eigenvalue weighted by Crippen LogP contribution is -2.21. The monoisotopic (exact) mass is 511 g/mol. The second kappa shape index (κ2) is 8.34. The average Bonchev–Trinajstić information content (AvgIpc) is 2.98. The average molecular weight is 511 g/mol. The first-order valence-electron chi connectivity index (χ1n) is 7.80. The molecule has 0 saturated carbocycles. The number of nitrogens with two attached hydrogens (primary N) is 1. The van der Waals surface area contributed by atoms with Gasteiger partial charge in [0.2, 0.25) is 5.95 Å². The highest BCUT2D eigenvalue weighted by molar-refractivity contribution is 14.1. The standard InChI is InChI=1S/C14H16IN5O.C2HF3O2/c1-19(2)13-11-8-3-4-20(5-6-21)12(8)9(15)7-10(11)17-14(16)18-13;3-2(4,5)1(6)7/h3-4,7,21H,5-6H2,1-2H3,(H2,16,17,18);(H,6,7). The van der Waals surface area contributed by atoms with E-state index in [2.05, 4.69) is 32.6 Å². The normalized spacial score (nSPS) is 11.4. The highest BCUT2D eigenvalue weighted by Gasteiger charge is 2.38. The number of aromatic nitrogens is 3. The number of aliphatic hydroxyl groups excluding tert-OH is 1. The van der Waals surface area contributed by atoms with E-state index in [0.29, 0.717) is 6.54 Å². The van der Waals surface area contributed by atoms with E-state index in [1.54, 1.807) is 0 Å². The fourth-order valence-corrected chi connectivity index (χ4v) is 3.49. The van der Waals surface area contributed by atoms with Crippen molar-refractivity contribution in [1.29, 1.82) is 0 Å². The lowest BCUT2D eigenvalue weighted by molar-refractivity contribution is -0.192. The number of anilines is 2. The van der Waals surface area contributed by atoms with Gasteiger partial charge in [-0.25, -0.2) is 9.78 Å². The minimum atomic E-state index is -5.08. The first-order valence-corrected chi connectivity index (χ1v) is 8.88. The van der Waals surface area contributed by atoms with Crippen molar-refractivity contribution in [1.82, 2.24) is 14.5 Å². The smallest absolute Gasteiger partial charge is 0.475 e. The largest absolute Gasteiger partial charge is 0.490 e. The number of rotatable bonds is 3. The maximum Gasteiger partial charge on any atom is 0.490 e. The fraction of sp³-hybridized carbons (Fsp3) is 0.312. The molecule has 12 heteroatoms. The number of aliphatic hydroxyl groups is 1. The quantitative estimate of drug-likeness (QED) is 0.463. The van der Waals surface area contributed by atoms with Gasteiger partial charge < -0.3 is 25.4 Å². The van der Waals surface area contributed by atoms with E-state index in [1.165, 1.54) is 0 Å². The van der Waals surface area contributed by atoms with Crippen molar-refractivity contribution in [3.63, 3.8) is 0 Å². The Morgan fingerprint density at radius 3 is 2.46 bits per heavy atom. The Labute approximate surface area is 170 Å². The summed E-state index contributed by atoms with van der Waals surface area (Å²) in [6.07, 6.45) is -3.10. The molecule has 3 rings (SSSR count). The summed E-state index contributed by atoms with van der Waals surface area (Å²) in [6, 6.07) is 4.05. The fourth-order valence-electron chi connectivity index (χ4n) is 2.59. The summed E-state index contributed by atoms with van der Waals surface area (Å²) in [7, 11) is 3.88. The van der Waals surface area contributed by atoms with Crippen molar-refractivity contribution in [2.45, 2.75) is 12.7 Å². The zero-order valence-corrected chi connectivity index (χ0v) is 17.0. The molecule has 0 unspecified atom stereocenters. The van der Waals surface area contributed by atoms with E-state index < -0.39 is 12.1 Å². The second-order valence-corrected chi connectivity index (χ2v) is 7.01. The first-order chi connectivity index (χ1) is 13.0. The summed E-state index contributed by atoms with van der Waals surface area (Å²) in [5, 5.41) is 18.4. The molecule has 0 saturated heterocycles. The van der Waals surface area contributed by atoms with Gasteiger partial charge in [-0.05, 0) is 34.7 Å². The van der Waals surface area contributed by atoms with E-state index in [0.717, 1.165) is 31.2 Å². The van der Waals surface area contributed by atoms with Crippen molar-refractivity contribution < 1.29 is 28.2 Å². The van der Waals surface area contributed by atoms with Gasteiger partial charge in [0.25, 0.3) is 0 Å². The van der Waals surface area contributed by atoms with Crippen molar-refractivity contribution in [2.75, 3.05) is 31.3 Å². The van der Waals surface area contributed by atoms with Gasteiger partial charge in [-0.3, -0.25) is 0 Å². The summed E-state index contributed by atoms with van der Waals surface area (Å²) in [6.45, 7) is 0.675. The van der Waals surface area contributed by atoms with Crippen LogP contribution in [0, 0.1) is 3.57 Å². The van der Waals surface area contributed by atoms with Crippen LogP contribution in [0.1, 0.15) is 0 Å². The van der Waals surface area contributed by atoms with Gasteiger partial charge in [0.15, 0.2) is 0 Å². The topological polar surface area (TPSA) is 118 Å². The highest BCUT2D eigenvalue weighted by Crippen LogP contribution is 2.34. The number of halogens is 4. The number of nitrogens with zero attached hydrogens (tertiary/aromatic N) is 4. The zero-order chi connectivity index (χ0) is 21.2. The summed E-state index contributed by atoms with van der Waals surface area (Å²) in [4.78, 5) is 19.6. The molecule has 2 heterocycles. The molecular weight excluding hydrogens is 494 g/mol. The highest BCUT2D eigenvalue weighted by atomic mass is 127. The predicted octanol–water partition coefficient (Wildman–Crippen LogP) is 2.46. The Morgan fingerprint density at radius 2 is 1.96 bits per heavy atom. The van der Waals surface area contributed by atoms with Crippen molar-refractivity contribution in [3.8, 4) is 0 Å². The molecule has 0 amide bonds. The van der Waals surface area contributed by atoms with Crippen LogP contribution in [0.5, 0.6) is 0 Å². The van der Waals surface area contributed by atoms with E-state index >= 15 is 0 Å². The SMILES string of the molecule is CN(C)c1nc(N)nc2cc(I)c3c(ccn3CCO)c12.O=C(O)C(F)(F)F. The van der Waals surface area contributed by atoms with E-state index in [-0.39, 0.29) is 12.6 Å². The number of fused-ring (bicyclic) bond motifs is 3. The van der Waals surface area contributed by atoms with Gasteiger partial charge >= 0.3 is 12.1 Å². The van der Waals surface area contributed by atoms with Crippen molar-refractivity contribution in [3.05, 3.63) is 21.9 Å². The number of carbonyl (C=O) groups is 1. The van der Waals surface area contributed by atoms with Crippen LogP contribution in [-0.2, 0) is 11.3 Å². The third-order valence-corrected chi connectivity index (χ3v) is 4.49. The second-order valence-electron chi connectivity index (χ2n) is 5.85. The van der Waals surface area contributed by atoms with Crippen LogP contribution in [0.25, 0.3) is 21.8 Å². The summed E-state index contributed by atoms with van der Waals surface area (Å²) in [5.74, 6) is -1.68. The van der Waals surface area contributed by atoms with Crippen LogP contribution in [-0.4, -0.2) is 57.6 Å². The molecule has 0 radical (unpaired) electrons. The van der Waals surface area contributed by atoms with Crippen LogP contribution in [0.4, 0.5) is 24.9 Å². The van der Waals surface area contributed by atoms with Crippen molar-refractivity contribution in [2.24, 2.45) is 0 Å². The number of hydrogen-bond donors (Lipinski definition) is 3. The molecule has 0 bridgehead atoms. The molecule has 152 valence electrons. The molecular formula is C16H17F3IN5O3. The Bertz CT molecular complexity index is 1020. The number of benzene rings is 1. The van der Waals surface area contributed by atoms with E-state index in [4.69, 9.17) is 15.6 Å². The number of hydrogen-bond acceptors (Lipinski definition) is 6. The first kappa shape index (κ1) is 21.9. The summed E-state index contributed by atoms with van der Waals surface area (Å²) in [5.41, 5.74) is 7.75. The number of nitrogen functional groups attached to an aromatic ring is 1. The number of carboxylic acids is 1. The number of carboxylic acid groups (broad SMARTS) is 1. The maximum atomic E-state index is 10.6. The Kier molecular flexibility index (Phi) is 6.54. The van der Waals surface area contributed by atoms with Crippen LogP contribution < -0.4 is 10.6 Å². The van der Waals surface area contributed by atoms with Gasteiger partial charge in [0.1, 0.15) is 5.82 Å². The van der Waals surface area contributed by atoms with Crippen molar-refractivity contribution >= 4 is 62.1 Å². The maximum absolute atomic E-state index is 10.6. The van der Waals surface area contributed by atoms with E-state index in [1.807, 2.05) is 41.9 Å². The van der Waals surface area contributed by atoms with Gasteiger partial charge in [-0.2, -0.15) is 18.2 Å². The van der Waals surface area contributed by atoms with Gasteiger partial charge in [0.05, 0.1) is 23.0 Å². The molecule has 0 spiro atoms. The lowest BCUT2D eigenvalue weighted by Gasteiger charge is -2.16. The van der Waals surface area contributed by atoms with Gasteiger partial charge in [-0.15, -0.1) is 0 Å². The Balaban J connectivity index is 0.000000345. The molecule has 28 heavy (non-hydrogen) atoms. The third-order valence-electron chi connectivity index (χ3n) is 3.66. The van der Waals surface area contributed by atoms with Gasteiger partial charge in [-0.1, -0.05) is 0 Å². The molecule has 0 aliphatic heterocycles. The molecule has 4 N–H and O–H groups in total. The van der Waals surface area contributed by atoms with Crippen LogP contribution in [0.3, 0.4) is 0 Å². The van der Waals surface area contributed by atoms with Gasteiger partial charge in [0, 0.05) is 35.8 Å². The lowest BCUT2D eigenvalue weighted by atomic mass is 10.1. The Hall–Kier alpha value is -2.35. The zero-order valence-electron chi connectivity index (χ0n) is 14.8. The van der Waals surface area contributed by atoms with Crippen LogP contribution >= 0.6 is 22.6 Å². The summed E-state index contributed by atoms with van der Waals surface area (Å²) < 4.78 is 34.9. The molecule has 0 fully saturated rings. The minimum absolute atomic E-state index is 0.108. The molecule has 8 nitrogen and oxygen atoms in total. The molecule has 0 atom stereocenters. The molecule has 0 aliphatic carbocycles. The van der Waals surface area contributed by atoms with E-state index in [9.17, 15) is 18.3 Å². The molecule has 0 aliphatic rings. The molecule has 2 aromatic heterocycles. The number of aliphatic carboxylic acids is 1. The molecule has 1 aromatic carbocycles. The third kappa shape index (κ3) is 4.55. The molecule has 3 aromatic rings.